The number of piperidine rings is 1. The molecule has 0 saturated carbocycles. The molecule has 2 aromatic rings. The van der Waals surface area contributed by atoms with Gasteiger partial charge in [-0.15, -0.1) is 0 Å². The molecule has 2 fully saturated rings. The largest absolute Gasteiger partial charge is 0.326 e. The molecule has 7 heteroatoms. The Bertz CT molecular complexity index is 937. The Morgan fingerprint density at radius 2 is 1.68 bits per heavy atom. The molecule has 2 N–H and O–H groups in total. The van der Waals surface area contributed by atoms with E-state index in [1.165, 1.54) is 17.4 Å². The molecule has 0 aromatic heterocycles. The number of hydrogen-bond donors (Lipinski definition) is 2. The van der Waals surface area contributed by atoms with Crippen LogP contribution in [0, 0.1) is 0 Å². The van der Waals surface area contributed by atoms with Crippen LogP contribution in [0.1, 0.15) is 31.7 Å². The molecule has 1 atom stereocenters. The lowest BCUT2D eigenvalue weighted by Gasteiger charge is -2.33. The minimum Gasteiger partial charge on any atom is -0.326 e. The molecular formula is C24H28N4O3. The Hall–Kier alpha value is -3.03. The summed E-state index contributed by atoms with van der Waals surface area (Å²) in [5.41, 5.74) is 2.48. The van der Waals surface area contributed by atoms with Gasteiger partial charge in [-0.2, -0.15) is 0 Å². The number of benzene rings is 2. The molecule has 3 amide bonds. The Balaban J connectivity index is 1.31. The predicted molar refractivity (Wildman–Crippen MR) is 120 cm³/mol. The fourth-order valence-corrected chi connectivity index (χ4v) is 4.31. The summed E-state index contributed by atoms with van der Waals surface area (Å²) in [6.07, 6.45) is 2.09. The summed E-state index contributed by atoms with van der Waals surface area (Å²) < 4.78 is 0. The van der Waals surface area contributed by atoms with E-state index in [1.54, 1.807) is 24.3 Å². The van der Waals surface area contributed by atoms with E-state index in [9.17, 15) is 14.4 Å². The van der Waals surface area contributed by atoms with Gasteiger partial charge in [0.2, 0.25) is 11.8 Å². The number of imide groups is 1. The monoisotopic (exact) mass is 420 g/mol. The lowest BCUT2D eigenvalue weighted by Crippen LogP contribution is -2.48. The summed E-state index contributed by atoms with van der Waals surface area (Å²) in [5.74, 6) is -0.569. The lowest BCUT2D eigenvalue weighted by atomic mass is 10.0. The molecule has 162 valence electrons. The van der Waals surface area contributed by atoms with Crippen LogP contribution in [0.4, 0.5) is 11.4 Å². The Morgan fingerprint density at radius 3 is 2.32 bits per heavy atom. The number of likely N-dealkylation sites (tertiary alicyclic amines) is 1. The molecule has 2 aliphatic heterocycles. The van der Waals surface area contributed by atoms with Gasteiger partial charge in [0.1, 0.15) is 0 Å². The smallest absolute Gasteiger partial charge is 0.251 e. The second kappa shape index (κ2) is 9.41. The number of hydrogen-bond acceptors (Lipinski definition) is 5. The van der Waals surface area contributed by atoms with E-state index in [1.807, 2.05) is 6.07 Å². The third kappa shape index (κ3) is 5.18. The van der Waals surface area contributed by atoms with Crippen molar-refractivity contribution in [3.8, 4) is 0 Å². The van der Waals surface area contributed by atoms with Gasteiger partial charge >= 0.3 is 0 Å². The summed E-state index contributed by atoms with van der Waals surface area (Å²) in [4.78, 5) is 40.3. The third-order valence-corrected chi connectivity index (χ3v) is 5.87. The molecule has 7 nitrogen and oxygen atoms in total. The minimum absolute atomic E-state index is 0.167. The first-order valence-corrected chi connectivity index (χ1v) is 10.8. The quantitative estimate of drug-likeness (QED) is 0.702. The van der Waals surface area contributed by atoms with E-state index < -0.39 is 6.04 Å². The van der Waals surface area contributed by atoms with Gasteiger partial charge in [0, 0.05) is 25.2 Å². The summed E-state index contributed by atoms with van der Waals surface area (Å²) in [7, 11) is 0. The van der Waals surface area contributed by atoms with Crippen LogP contribution in [0.15, 0.2) is 54.6 Å². The zero-order valence-electron chi connectivity index (χ0n) is 17.7. The topological polar surface area (TPSA) is 81.8 Å². The van der Waals surface area contributed by atoms with E-state index in [0.29, 0.717) is 11.4 Å². The molecule has 0 spiro atoms. The van der Waals surface area contributed by atoms with E-state index >= 15 is 0 Å². The molecule has 1 unspecified atom stereocenters. The Morgan fingerprint density at radius 1 is 1.00 bits per heavy atom. The molecule has 31 heavy (non-hydrogen) atoms. The van der Waals surface area contributed by atoms with Crippen molar-refractivity contribution in [1.82, 2.24) is 10.2 Å². The highest BCUT2D eigenvalue weighted by Crippen LogP contribution is 2.25. The van der Waals surface area contributed by atoms with Crippen molar-refractivity contribution in [2.45, 2.75) is 44.8 Å². The normalized spacial score (nSPS) is 20.3. The Labute approximate surface area is 182 Å². The maximum atomic E-state index is 12.9. The molecule has 2 saturated heterocycles. The van der Waals surface area contributed by atoms with Crippen LogP contribution in [0.2, 0.25) is 0 Å². The van der Waals surface area contributed by atoms with Crippen LogP contribution in [0.5, 0.6) is 0 Å². The van der Waals surface area contributed by atoms with E-state index in [0.717, 1.165) is 32.5 Å². The number of nitrogens with one attached hydrogen (secondary N) is 2. The minimum atomic E-state index is -0.479. The summed E-state index contributed by atoms with van der Waals surface area (Å²) in [6.45, 7) is 4.31. The van der Waals surface area contributed by atoms with Gasteiger partial charge in [-0.3, -0.25) is 19.3 Å². The van der Waals surface area contributed by atoms with E-state index in [2.05, 4.69) is 39.8 Å². The van der Waals surface area contributed by atoms with Gasteiger partial charge in [0.15, 0.2) is 0 Å². The molecule has 0 bridgehead atoms. The van der Waals surface area contributed by atoms with Gasteiger partial charge < -0.3 is 10.6 Å². The maximum Gasteiger partial charge on any atom is 0.251 e. The number of carbonyl (C=O) groups is 3. The molecule has 0 aliphatic carbocycles. The van der Waals surface area contributed by atoms with Crippen molar-refractivity contribution in [2.24, 2.45) is 0 Å². The van der Waals surface area contributed by atoms with Crippen molar-refractivity contribution in [3.05, 3.63) is 60.2 Å². The number of rotatable bonds is 6. The molecule has 0 radical (unpaired) electrons. The third-order valence-electron chi connectivity index (χ3n) is 5.87. The first-order chi connectivity index (χ1) is 15.0. The molecule has 4 rings (SSSR count). The van der Waals surface area contributed by atoms with Gasteiger partial charge in [-0.05, 0) is 55.8 Å². The predicted octanol–water partition coefficient (Wildman–Crippen LogP) is 2.53. The van der Waals surface area contributed by atoms with Gasteiger partial charge in [-0.1, -0.05) is 30.3 Å². The standard InChI is InChI=1S/C24H28N4O3/c1-17(29)25-19-7-9-21(10-8-19)28-23(30)15-22(24(28)31)26-20-11-13-27(14-12-20)16-18-5-3-2-4-6-18/h2-10,20,22,26H,11-16H2,1H3,(H,25,29). The highest BCUT2D eigenvalue weighted by molar-refractivity contribution is 6.22. The average molecular weight is 421 g/mol. The summed E-state index contributed by atoms with van der Waals surface area (Å²) >= 11 is 0. The van der Waals surface area contributed by atoms with E-state index in [4.69, 9.17) is 0 Å². The number of amides is 3. The second-order valence-corrected chi connectivity index (χ2v) is 8.25. The number of anilines is 2. The zero-order chi connectivity index (χ0) is 21.8. The fraction of sp³-hybridized carbons (Fsp3) is 0.375. The zero-order valence-corrected chi connectivity index (χ0v) is 17.7. The molecule has 2 heterocycles. The number of carbonyl (C=O) groups excluding carboxylic acids is 3. The van der Waals surface area contributed by atoms with Gasteiger partial charge in [0.05, 0.1) is 18.2 Å². The van der Waals surface area contributed by atoms with Crippen molar-refractivity contribution in [2.75, 3.05) is 23.3 Å². The second-order valence-electron chi connectivity index (χ2n) is 8.25. The van der Waals surface area contributed by atoms with Crippen LogP contribution in [-0.4, -0.2) is 47.8 Å². The SMILES string of the molecule is CC(=O)Nc1ccc(N2C(=O)CC(NC3CCN(Cc4ccccc4)CC3)C2=O)cc1. The molecular weight excluding hydrogens is 392 g/mol. The number of nitrogens with zero attached hydrogens (tertiary/aromatic N) is 2. The van der Waals surface area contributed by atoms with Crippen LogP contribution in [0.25, 0.3) is 0 Å². The van der Waals surface area contributed by atoms with Crippen LogP contribution in [0.3, 0.4) is 0 Å². The first-order valence-electron chi connectivity index (χ1n) is 10.8. The first kappa shape index (κ1) is 21.2. The lowest BCUT2D eigenvalue weighted by molar-refractivity contribution is -0.122. The van der Waals surface area contributed by atoms with Crippen LogP contribution in [-0.2, 0) is 20.9 Å². The summed E-state index contributed by atoms with van der Waals surface area (Å²) in [5, 5.41) is 6.11. The van der Waals surface area contributed by atoms with Crippen molar-refractivity contribution < 1.29 is 14.4 Å². The van der Waals surface area contributed by atoms with Crippen molar-refractivity contribution >= 4 is 29.1 Å². The van der Waals surface area contributed by atoms with Gasteiger partial charge in [-0.25, -0.2) is 4.90 Å². The summed E-state index contributed by atoms with van der Waals surface area (Å²) in [6, 6.07) is 17.0. The maximum absolute atomic E-state index is 12.9. The van der Waals surface area contributed by atoms with E-state index in [-0.39, 0.29) is 30.2 Å². The average Bonchev–Trinajstić information content (AvgIpc) is 3.03. The fourth-order valence-electron chi connectivity index (χ4n) is 4.31. The highest BCUT2D eigenvalue weighted by atomic mass is 16.2. The van der Waals surface area contributed by atoms with Gasteiger partial charge in [0.25, 0.3) is 5.91 Å². The van der Waals surface area contributed by atoms with Crippen LogP contribution < -0.4 is 15.5 Å². The highest BCUT2D eigenvalue weighted by Gasteiger charge is 2.40. The molecule has 2 aromatic carbocycles. The van der Waals surface area contributed by atoms with Crippen molar-refractivity contribution in [1.29, 1.82) is 0 Å². The Kier molecular flexibility index (Phi) is 6.44. The van der Waals surface area contributed by atoms with Crippen LogP contribution >= 0.6 is 0 Å². The molecule has 2 aliphatic rings. The van der Waals surface area contributed by atoms with Crippen molar-refractivity contribution in [3.63, 3.8) is 0 Å².